The molecule has 3 aliphatic heterocycles. The molecule has 29 heteroatoms. The molecule has 0 radical (unpaired) electrons. The highest BCUT2D eigenvalue weighted by atomic mass is 33.1. The van der Waals surface area contributed by atoms with E-state index in [2.05, 4.69) is 42.5 Å². The first-order chi connectivity index (χ1) is 38.8. The number of phenols is 1. The third-order valence-corrected chi connectivity index (χ3v) is 17.1. The zero-order valence-electron chi connectivity index (χ0n) is 47.4. The summed E-state index contributed by atoms with van der Waals surface area (Å²) in [5.74, 6) is -11.4. The summed E-state index contributed by atoms with van der Waals surface area (Å²) in [7, 11) is 2.03. The van der Waals surface area contributed by atoms with E-state index in [1.165, 1.54) is 41.0 Å². The number of amides is 10. The number of primary amides is 1. The van der Waals surface area contributed by atoms with Crippen molar-refractivity contribution in [2.45, 2.75) is 185 Å². The normalized spacial score (nSPS) is 26.9. The van der Waals surface area contributed by atoms with Crippen LogP contribution in [-0.2, 0) is 59.2 Å². The first-order valence-corrected chi connectivity index (χ1v) is 30.4. The largest absolute Gasteiger partial charge is 0.508 e. The van der Waals surface area contributed by atoms with Gasteiger partial charge < -0.3 is 78.9 Å². The fourth-order valence-corrected chi connectivity index (χ4v) is 11.9. The van der Waals surface area contributed by atoms with Crippen LogP contribution in [0.4, 0.5) is 0 Å². The highest BCUT2D eigenvalue weighted by molar-refractivity contribution is 8.76. The minimum absolute atomic E-state index is 0.0645. The van der Waals surface area contributed by atoms with Crippen molar-refractivity contribution in [3.8, 4) is 5.75 Å². The molecular formula is C53H84N12O15S2. The standard InChI is InChI=1S/C53H84N12O15S2/c1-7-9-12-32(54)44(70)59-36-25-81-82-26-40(56-34(53(79)80)23-30-15-17-31(68)18-16-30)60-45(71)33(19-20-39(55)69)57-48(74)37-13-10-21-64(37)51(77)38-14-11-22-65(38)52(78)42(28(5)8-2)62-46(72)35(24-66)58-50(76)43(29(6)67)63-49(75)41(27(3)4)61-47(36)73/h15-18,27-29,32-38,40-43,56,66-68H,7-14,19-26,54H2,1-6H3,(H2,55,69)(H,57,74)(H,58,76)(H,59,70)(H,60,71)(H,61,73)(H,62,72)(H,63,75)(H,79,80)/t28-,29+,32-,33-,34-,35-,36-,37-,38-,40+,41-,42-,43-/m0/s1. The summed E-state index contributed by atoms with van der Waals surface area (Å²) in [6.45, 7) is 8.87. The number of aliphatic carboxylic acids is 1. The van der Waals surface area contributed by atoms with Crippen LogP contribution in [-0.4, -0.2) is 199 Å². The number of hydrogen-bond acceptors (Lipinski definition) is 18. The summed E-state index contributed by atoms with van der Waals surface area (Å²) < 4.78 is 0. The second kappa shape index (κ2) is 33.1. The van der Waals surface area contributed by atoms with E-state index in [0.717, 1.165) is 21.6 Å². The lowest BCUT2D eigenvalue weighted by Crippen LogP contribution is -2.63. The average molecular weight is 1190 g/mol. The maximum Gasteiger partial charge on any atom is 0.321 e. The zero-order chi connectivity index (χ0) is 61.0. The van der Waals surface area contributed by atoms with Gasteiger partial charge >= 0.3 is 5.97 Å². The Morgan fingerprint density at radius 3 is 1.89 bits per heavy atom. The number of unbranched alkanes of at least 4 members (excludes halogenated alkanes) is 1. The van der Waals surface area contributed by atoms with E-state index < -0.39 is 156 Å². The van der Waals surface area contributed by atoms with Gasteiger partial charge in [0.05, 0.1) is 24.9 Å². The summed E-state index contributed by atoms with van der Waals surface area (Å²) in [6, 6.07) is -7.99. The summed E-state index contributed by atoms with van der Waals surface area (Å²) in [5, 5.41) is 62.6. The predicted molar refractivity (Wildman–Crippen MR) is 303 cm³/mol. The second-order valence-corrected chi connectivity index (χ2v) is 23.9. The molecule has 4 rings (SSSR count). The highest BCUT2D eigenvalue weighted by Crippen LogP contribution is 2.28. The molecule has 0 unspecified atom stereocenters. The second-order valence-electron chi connectivity index (χ2n) is 21.4. The first kappa shape index (κ1) is 68.2. The van der Waals surface area contributed by atoms with Crippen LogP contribution in [0.1, 0.15) is 111 Å². The molecule has 0 spiro atoms. The quantitative estimate of drug-likeness (QED) is 0.0679. The fraction of sp³-hybridized carbons (Fsp3) is 0.679. The number of hydrogen-bond donors (Lipinski definition) is 14. The smallest absolute Gasteiger partial charge is 0.321 e. The number of carboxylic acids is 1. The first-order valence-electron chi connectivity index (χ1n) is 27.9. The van der Waals surface area contributed by atoms with Gasteiger partial charge in [0.15, 0.2) is 0 Å². The molecule has 0 aliphatic carbocycles. The number of carbonyl (C=O) groups excluding carboxylic acids is 10. The van der Waals surface area contributed by atoms with Crippen molar-refractivity contribution in [2.24, 2.45) is 23.3 Å². The van der Waals surface area contributed by atoms with Gasteiger partial charge in [-0.1, -0.05) is 87.6 Å². The van der Waals surface area contributed by atoms with Crippen molar-refractivity contribution >= 4 is 86.6 Å². The maximum atomic E-state index is 14.6. The summed E-state index contributed by atoms with van der Waals surface area (Å²) >= 11 is 0. The topological polar surface area (TPSA) is 423 Å². The third kappa shape index (κ3) is 20.0. The van der Waals surface area contributed by atoms with Gasteiger partial charge in [-0.15, -0.1) is 0 Å². The molecule has 0 aromatic heterocycles. The monoisotopic (exact) mass is 1190 g/mol. The van der Waals surface area contributed by atoms with Crippen molar-refractivity contribution in [3.05, 3.63) is 29.8 Å². The Morgan fingerprint density at radius 1 is 0.732 bits per heavy atom. The molecule has 13 atom stereocenters. The Hall–Kier alpha value is -6.27. The van der Waals surface area contributed by atoms with Crippen LogP contribution in [0, 0.1) is 11.8 Å². The number of carbonyl (C=O) groups is 11. The van der Waals surface area contributed by atoms with Gasteiger partial charge in [-0.25, -0.2) is 0 Å². The maximum absolute atomic E-state index is 14.6. The molecule has 1 aromatic carbocycles. The Morgan fingerprint density at radius 2 is 1.30 bits per heavy atom. The number of rotatable bonds is 18. The van der Waals surface area contributed by atoms with Gasteiger partial charge in [0.25, 0.3) is 0 Å². The lowest BCUT2D eigenvalue weighted by atomic mass is 9.96. The minimum Gasteiger partial charge on any atom is -0.508 e. The lowest BCUT2D eigenvalue weighted by molar-refractivity contribution is -0.149. The number of aromatic hydroxyl groups is 1. The number of benzene rings is 1. The van der Waals surface area contributed by atoms with E-state index in [1.807, 2.05) is 6.92 Å². The van der Waals surface area contributed by atoms with E-state index in [9.17, 15) is 73.2 Å². The number of fused-ring (bicyclic) bond motifs is 2. The van der Waals surface area contributed by atoms with Crippen LogP contribution < -0.4 is 54.0 Å². The van der Waals surface area contributed by atoms with Gasteiger partial charge in [0.2, 0.25) is 59.1 Å². The van der Waals surface area contributed by atoms with E-state index in [4.69, 9.17) is 11.5 Å². The molecule has 458 valence electrons. The molecular weight excluding hydrogens is 1110 g/mol. The number of phenolic OH excluding ortho intramolecular Hbond substituents is 1. The number of nitrogens with two attached hydrogens (primary N) is 2. The molecule has 1 aromatic rings. The van der Waals surface area contributed by atoms with Gasteiger partial charge in [0, 0.05) is 31.0 Å². The van der Waals surface area contributed by atoms with Crippen LogP contribution in [0.15, 0.2) is 24.3 Å². The molecule has 3 aliphatic rings. The van der Waals surface area contributed by atoms with Crippen molar-refractivity contribution in [3.63, 3.8) is 0 Å². The molecule has 3 heterocycles. The Balaban J connectivity index is 1.81. The molecule has 3 saturated heterocycles. The Kier molecular flexibility index (Phi) is 27.6. The van der Waals surface area contributed by atoms with Crippen LogP contribution in [0.3, 0.4) is 0 Å². The van der Waals surface area contributed by atoms with Crippen LogP contribution >= 0.6 is 21.6 Å². The van der Waals surface area contributed by atoms with Gasteiger partial charge in [-0.3, -0.25) is 58.1 Å². The molecule has 82 heavy (non-hydrogen) atoms. The lowest BCUT2D eigenvalue weighted by Gasteiger charge is -2.35. The molecule has 27 nitrogen and oxygen atoms in total. The van der Waals surface area contributed by atoms with Crippen LogP contribution in [0.25, 0.3) is 0 Å². The van der Waals surface area contributed by atoms with E-state index in [0.29, 0.717) is 37.7 Å². The number of nitrogens with zero attached hydrogens (tertiary/aromatic N) is 2. The third-order valence-electron chi connectivity index (χ3n) is 14.7. The van der Waals surface area contributed by atoms with Crippen LogP contribution in [0.2, 0.25) is 0 Å². The number of carboxylic acid groups (broad SMARTS) is 1. The minimum atomic E-state index is -1.77. The number of aliphatic hydroxyl groups is 2. The van der Waals surface area contributed by atoms with E-state index in [1.54, 1.807) is 27.7 Å². The van der Waals surface area contributed by atoms with E-state index >= 15 is 0 Å². The van der Waals surface area contributed by atoms with Crippen LogP contribution in [0.5, 0.6) is 5.75 Å². The molecule has 0 saturated carbocycles. The van der Waals surface area contributed by atoms with Crippen molar-refractivity contribution < 1.29 is 73.2 Å². The zero-order valence-corrected chi connectivity index (χ0v) is 49.0. The molecule has 16 N–H and O–H groups in total. The SMILES string of the molecule is CCCC[C@H](N)C(=O)N[C@H]1CSSC[C@H](N[C@@H](Cc2ccc(O)cc2)C(=O)O)NC(=O)[C@H](CCC(N)=O)NC(=O)[C@@H]2CCCN2C(=O)[C@@H]2CCCN2C(=O)[C@H]([C@@H](C)CC)NC(=O)[C@H](CO)NC(=O)[C@H]([C@@H](C)O)NC(=O)[C@H](C(C)C)NC1=O. The molecule has 10 amide bonds. The van der Waals surface area contributed by atoms with Gasteiger partial charge in [-0.05, 0) is 81.4 Å². The van der Waals surface area contributed by atoms with Gasteiger partial charge in [-0.2, -0.15) is 0 Å². The van der Waals surface area contributed by atoms with Gasteiger partial charge in [0.1, 0.15) is 60.1 Å². The molecule has 3 fully saturated rings. The summed E-state index contributed by atoms with van der Waals surface area (Å²) in [6.07, 6.45) is -0.719. The highest BCUT2D eigenvalue weighted by Gasteiger charge is 2.45. The molecule has 0 bridgehead atoms. The average Bonchev–Trinajstić information content (AvgIpc) is 4.28. The van der Waals surface area contributed by atoms with E-state index in [-0.39, 0.29) is 68.9 Å². The number of aliphatic hydroxyl groups excluding tert-OH is 2. The van der Waals surface area contributed by atoms with Crippen molar-refractivity contribution in [2.75, 3.05) is 31.2 Å². The van der Waals surface area contributed by atoms with Crippen molar-refractivity contribution in [1.29, 1.82) is 0 Å². The van der Waals surface area contributed by atoms with Crippen molar-refractivity contribution in [1.82, 2.24) is 52.3 Å². The summed E-state index contributed by atoms with van der Waals surface area (Å²) in [4.78, 5) is 155. The summed E-state index contributed by atoms with van der Waals surface area (Å²) in [5.41, 5.74) is 12.2. The Bertz CT molecular complexity index is 2410. The number of nitrogens with one attached hydrogen (secondary N) is 8. The Labute approximate surface area is 485 Å². The fourth-order valence-electron chi connectivity index (χ4n) is 9.59. The predicted octanol–water partition coefficient (Wildman–Crippen LogP) is -2.44.